The molecular formula is C10H11N3O3. The summed E-state index contributed by atoms with van der Waals surface area (Å²) in [6, 6.07) is 4.69. The second-order valence-electron chi connectivity index (χ2n) is 3.56. The molecule has 1 saturated heterocycles. The van der Waals surface area contributed by atoms with Gasteiger partial charge in [0.25, 0.3) is 0 Å². The number of aromatic carboxylic acids is 1. The van der Waals surface area contributed by atoms with Crippen molar-refractivity contribution in [1.82, 2.24) is 10.3 Å². The van der Waals surface area contributed by atoms with E-state index >= 15 is 0 Å². The summed E-state index contributed by atoms with van der Waals surface area (Å²) >= 11 is 0. The van der Waals surface area contributed by atoms with Gasteiger partial charge in [-0.1, -0.05) is 6.07 Å². The maximum Gasteiger partial charge on any atom is 0.354 e. The first-order valence-corrected chi connectivity index (χ1v) is 4.89. The number of carbonyl (C=O) groups excluding carboxylic acids is 1. The molecule has 0 radical (unpaired) electrons. The molecule has 1 aliphatic heterocycles. The Kier molecular flexibility index (Phi) is 2.72. The first kappa shape index (κ1) is 10.4. The minimum absolute atomic E-state index is 0.00751. The van der Waals surface area contributed by atoms with E-state index in [1.54, 1.807) is 12.1 Å². The van der Waals surface area contributed by atoms with Crippen LogP contribution < -0.4 is 10.6 Å². The molecular weight excluding hydrogens is 210 g/mol. The average Bonchev–Trinajstić information content (AvgIpc) is 2.64. The Morgan fingerprint density at radius 2 is 2.38 bits per heavy atom. The van der Waals surface area contributed by atoms with Crippen LogP contribution in [-0.4, -0.2) is 34.6 Å². The van der Waals surface area contributed by atoms with Crippen LogP contribution in [0.3, 0.4) is 0 Å². The lowest BCUT2D eigenvalue weighted by molar-refractivity contribution is -0.119. The van der Waals surface area contributed by atoms with Crippen molar-refractivity contribution in [2.45, 2.75) is 12.5 Å². The molecule has 2 rings (SSSR count). The zero-order valence-corrected chi connectivity index (χ0v) is 8.43. The molecule has 0 aliphatic carbocycles. The molecule has 1 aromatic rings. The van der Waals surface area contributed by atoms with Gasteiger partial charge in [0.15, 0.2) is 5.69 Å². The third kappa shape index (κ3) is 2.28. The summed E-state index contributed by atoms with van der Waals surface area (Å²) in [5, 5.41) is 14.4. The summed E-state index contributed by atoms with van der Waals surface area (Å²) in [4.78, 5) is 25.5. The van der Waals surface area contributed by atoms with E-state index in [0.717, 1.165) is 0 Å². The predicted octanol–water partition coefficient (Wildman–Crippen LogP) is 0.0802. The predicted molar refractivity (Wildman–Crippen MR) is 56.2 cm³/mol. The first-order valence-electron chi connectivity index (χ1n) is 4.89. The molecule has 0 aromatic carbocycles. The number of pyridine rings is 1. The number of carboxylic acid groups (broad SMARTS) is 1. The molecule has 6 heteroatoms. The Bertz CT molecular complexity index is 433. The van der Waals surface area contributed by atoms with Gasteiger partial charge in [0, 0.05) is 13.0 Å². The van der Waals surface area contributed by atoms with Crippen LogP contribution in [-0.2, 0) is 4.79 Å². The third-order valence-corrected chi connectivity index (χ3v) is 2.30. The monoisotopic (exact) mass is 221 g/mol. The minimum atomic E-state index is -1.07. The summed E-state index contributed by atoms with van der Waals surface area (Å²) in [5.74, 6) is -0.599. The Labute approximate surface area is 91.7 Å². The highest BCUT2D eigenvalue weighted by molar-refractivity contribution is 5.85. The minimum Gasteiger partial charge on any atom is -0.477 e. The zero-order chi connectivity index (χ0) is 11.5. The Balaban J connectivity index is 2.07. The number of carboxylic acids is 1. The third-order valence-electron chi connectivity index (χ3n) is 2.30. The van der Waals surface area contributed by atoms with Crippen LogP contribution in [0.2, 0.25) is 0 Å². The number of hydrogen-bond acceptors (Lipinski definition) is 4. The SMILES string of the molecule is O=C1CC(Nc2cccc(C(=O)O)n2)CN1. The van der Waals surface area contributed by atoms with E-state index in [4.69, 9.17) is 5.11 Å². The lowest BCUT2D eigenvalue weighted by Gasteiger charge is -2.10. The van der Waals surface area contributed by atoms with E-state index in [9.17, 15) is 9.59 Å². The highest BCUT2D eigenvalue weighted by atomic mass is 16.4. The number of carbonyl (C=O) groups is 2. The van der Waals surface area contributed by atoms with Crippen LogP contribution in [0, 0.1) is 0 Å². The maximum atomic E-state index is 11.0. The molecule has 1 fully saturated rings. The van der Waals surface area contributed by atoms with Gasteiger partial charge in [-0.25, -0.2) is 9.78 Å². The van der Waals surface area contributed by atoms with Crippen molar-refractivity contribution in [3.63, 3.8) is 0 Å². The molecule has 1 aliphatic rings. The van der Waals surface area contributed by atoms with Crippen LogP contribution in [0.5, 0.6) is 0 Å². The number of rotatable bonds is 3. The molecule has 1 amide bonds. The Morgan fingerprint density at radius 1 is 1.56 bits per heavy atom. The van der Waals surface area contributed by atoms with Gasteiger partial charge in [-0.2, -0.15) is 0 Å². The maximum absolute atomic E-state index is 11.0. The van der Waals surface area contributed by atoms with Crippen molar-refractivity contribution in [3.05, 3.63) is 23.9 Å². The van der Waals surface area contributed by atoms with E-state index in [1.165, 1.54) is 6.07 Å². The molecule has 0 bridgehead atoms. The topological polar surface area (TPSA) is 91.3 Å². The van der Waals surface area contributed by atoms with E-state index in [1.807, 2.05) is 0 Å². The van der Waals surface area contributed by atoms with E-state index in [2.05, 4.69) is 15.6 Å². The fraction of sp³-hybridized carbons (Fsp3) is 0.300. The summed E-state index contributed by atoms with van der Waals surface area (Å²) in [7, 11) is 0. The van der Waals surface area contributed by atoms with Crippen molar-refractivity contribution in [2.75, 3.05) is 11.9 Å². The molecule has 0 spiro atoms. The number of amides is 1. The largest absolute Gasteiger partial charge is 0.477 e. The average molecular weight is 221 g/mol. The Hall–Kier alpha value is -2.11. The van der Waals surface area contributed by atoms with Crippen LogP contribution >= 0.6 is 0 Å². The number of hydrogen-bond donors (Lipinski definition) is 3. The van der Waals surface area contributed by atoms with Crippen molar-refractivity contribution in [2.24, 2.45) is 0 Å². The van der Waals surface area contributed by atoms with Crippen molar-refractivity contribution in [1.29, 1.82) is 0 Å². The van der Waals surface area contributed by atoms with Gasteiger partial charge < -0.3 is 15.7 Å². The smallest absolute Gasteiger partial charge is 0.354 e. The summed E-state index contributed by atoms with van der Waals surface area (Å²) in [6.07, 6.45) is 0.388. The molecule has 6 nitrogen and oxygen atoms in total. The normalized spacial score (nSPS) is 19.2. The van der Waals surface area contributed by atoms with Gasteiger partial charge in [0.05, 0.1) is 6.04 Å². The van der Waals surface area contributed by atoms with Crippen molar-refractivity contribution < 1.29 is 14.7 Å². The second kappa shape index (κ2) is 4.18. The fourth-order valence-electron chi connectivity index (χ4n) is 1.55. The Morgan fingerprint density at radius 3 is 3.00 bits per heavy atom. The van der Waals surface area contributed by atoms with E-state index < -0.39 is 5.97 Å². The first-order chi connectivity index (χ1) is 7.65. The molecule has 16 heavy (non-hydrogen) atoms. The molecule has 0 saturated carbocycles. The number of nitrogens with zero attached hydrogens (tertiary/aromatic N) is 1. The lowest BCUT2D eigenvalue weighted by atomic mass is 10.2. The quantitative estimate of drug-likeness (QED) is 0.672. The number of aromatic nitrogens is 1. The van der Waals surface area contributed by atoms with Gasteiger partial charge in [0.1, 0.15) is 5.82 Å². The van der Waals surface area contributed by atoms with Gasteiger partial charge in [-0.3, -0.25) is 4.79 Å². The highest BCUT2D eigenvalue weighted by Gasteiger charge is 2.21. The highest BCUT2D eigenvalue weighted by Crippen LogP contribution is 2.10. The van der Waals surface area contributed by atoms with Crippen LogP contribution in [0.15, 0.2) is 18.2 Å². The molecule has 1 aromatic heterocycles. The lowest BCUT2D eigenvalue weighted by Crippen LogP contribution is -2.23. The standard InChI is InChI=1S/C10H11N3O3/c14-9-4-6(5-11-9)12-8-3-1-2-7(13-8)10(15)16/h1-3,6H,4-5H2,(H,11,14)(H,12,13)(H,15,16). The number of nitrogens with one attached hydrogen (secondary N) is 2. The molecule has 3 N–H and O–H groups in total. The van der Waals surface area contributed by atoms with Crippen LogP contribution in [0.4, 0.5) is 5.82 Å². The van der Waals surface area contributed by atoms with E-state index in [0.29, 0.717) is 18.8 Å². The summed E-state index contributed by atoms with van der Waals surface area (Å²) in [5.41, 5.74) is -0.0118. The summed E-state index contributed by atoms with van der Waals surface area (Å²) in [6.45, 7) is 0.539. The van der Waals surface area contributed by atoms with E-state index in [-0.39, 0.29) is 17.6 Å². The second-order valence-corrected chi connectivity index (χ2v) is 3.56. The van der Waals surface area contributed by atoms with Crippen molar-refractivity contribution >= 4 is 17.7 Å². The summed E-state index contributed by atoms with van der Waals surface area (Å²) < 4.78 is 0. The van der Waals surface area contributed by atoms with Gasteiger partial charge in [0.2, 0.25) is 5.91 Å². The van der Waals surface area contributed by atoms with Gasteiger partial charge >= 0.3 is 5.97 Å². The van der Waals surface area contributed by atoms with Crippen LogP contribution in [0.25, 0.3) is 0 Å². The van der Waals surface area contributed by atoms with Crippen molar-refractivity contribution in [3.8, 4) is 0 Å². The molecule has 1 atom stereocenters. The van der Waals surface area contributed by atoms with Crippen LogP contribution in [0.1, 0.15) is 16.9 Å². The van der Waals surface area contributed by atoms with Gasteiger partial charge in [-0.05, 0) is 12.1 Å². The number of anilines is 1. The molecule has 84 valence electrons. The molecule has 2 heterocycles. The fourth-order valence-corrected chi connectivity index (χ4v) is 1.55. The molecule has 1 unspecified atom stereocenters. The zero-order valence-electron chi connectivity index (χ0n) is 8.43. The van der Waals surface area contributed by atoms with Gasteiger partial charge in [-0.15, -0.1) is 0 Å².